The molecule has 6 nitrogen and oxygen atoms in total. The number of esters is 1. The smallest absolute Gasteiger partial charge is 0.344 e. The number of nitrogens with zero attached hydrogens (tertiary/aromatic N) is 1. The van der Waals surface area contributed by atoms with Crippen molar-refractivity contribution in [2.75, 3.05) is 13.2 Å². The summed E-state index contributed by atoms with van der Waals surface area (Å²) in [5.74, 6) is -0.428. The summed E-state index contributed by atoms with van der Waals surface area (Å²) >= 11 is 4.28. The monoisotopic (exact) mass is 489 g/mol. The van der Waals surface area contributed by atoms with Gasteiger partial charge in [-0.15, -0.1) is 0 Å². The van der Waals surface area contributed by atoms with Gasteiger partial charge >= 0.3 is 5.97 Å². The molecule has 2 amide bonds. The van der Waals surface area contributed by atoms with Crippen molar-refractivity contribution in [3.8, 4) is 5.75 Å². The van der Waals surface area contributed by atoms with Crippen LogP contribution in [-0.4, -0.2) is 35.2 Å². The van der Waals surface area contributed by atoms with Crippen LogP contribution in [0, 0.1) is 6.92 Å². The average molecular weight is 490 g/mol. The lowest BCUT2D eigenvalue weighted by Crippen LogP contribution is -2.27. The fourth-order valence-electron chi connectivity index (χ4n) is 2.76. The molecule has 0 radical (unpaired) electrons. The summed E-state index contributed by atoms with van der Waals surface area (Å²) in [5.41, 5.74) is 2.57. The molecule has 2 aromatic rings. The maximum absolute atomic E-state index is 12.8. The lowest BCUT2D eigenvalue weighted by atomic mass is 10.1. The molecule has 156 valence electrons. The van der Waals surface area contributed by atoms with Crippen molar-refractivity contribution in [1.29, 1.82) is 0 Å². The minimum Gasteiger partial charge on any atom is -0.481 e. The maximum atomic E-state index is 12.8. The molecule has 8 heteroatoms. The van der Waals surface area contributed by atoms with E-state index in [1.54, 1.807) is 31.2 Å². The van der Waals surface area contributed by atoms with Crippen molar-refractivity contribution < 1.29 is 23.9 Å². The molecular weight excluding hydrogens is 470 g/mol. The van der Waals surface area contributed by atoms with Crippen LogP contribution in [0.25, 0.3) is 6.08 Å². The second-order valence-electron chi connectivity index (χ2n) is 6.53. The van der Waals surface area contributed by atoms with E-state index in [9.17, 15) is 14.4 Å². The van der Waals surface area contributed by atoms with Crippen molar-refractivity contribution in [2.24, 2.45) is 0 Å². The number of carbonyl (C=O) groups is 3. The summed E-state index contributed by atoms with van der Waals surface area (Å²) in [6.07, 6.45) is 1.60. The number of aryl methyl sites for hydroxylation is 1. The second kappa shape index (κ2) is 9.95. The van der Waals surface area contributed by atoms with E-state index in [2.05, 4.69) is 15.9 Å². The van der Waals surface area contributed by atoms with Crippen LogP contribution in [0.2, 0.25) is 0 Å². The standard InChI is InChI=1S/C22H20BrNO5S/c1-3-28-20(25)13-29-18-9-8-17(23)10-16(18)11-19-21(26)24(22(27)30-19)12-15-6-4-14(2)5-7-15/h4-11H,3,12-13H2,1-2H3/b19-11+. The van der Waals surface area contributed by atoms with Crippen molar-refractivity contribution in [1.82, 2.24) is 4.90 Å². The number of hydrogen-bond acceptors (Lipinski definition) is 6. The van der Waals surface area contributed by atoms with Gasteiger partial charge in [-0.05, 0) is 55.4 Å². The van der Waals surface area contributed by atoms with Gasteiger partial charge in [0.2, 0.25) is 0 Å². The molecule has 1 aliphatic rings. The van der Waals surface area contributed by atoms with Crippen LogP contribution in [0.5, 0.6) is 5.75 Å². The van der Waals surface area contributed by atoms with Gasteiger partial charge in [0.25, 0.3) is 11.1 Å². The number of carbonyl (C=O) groups excluding carboxylic acids is 3. The lowest BCUT2D eigenvalue weighted by Gasteiger charge is -2.12. The molecule has 3 rings (SSSR count). The van der Waals surface area contributed by atoms with Crippen LogP contribution in [-0.2, 0) is 20.9 Å². The normalized spacial score (nSPS) is 15.0. The highest BCUT2D eigenvalue weighted by atomic mass is 79.9. The Morgan fingerprint density at radius 3 is 2.60 bits per heavy atom. The first kappa shape index (κ1) is 22.1. The fourth-order valence-corrected chi connectivity index (χ4v) is 3.96. The number of amides is 2. The van der Waals surface area contributed by atoms with E-state index < -0.39 is 5.97 Å². The molecule has 0 bridgehead atoms. The zero-order valence-electron chi connectivity index (χ0n) is 16.5. The fraction of sp³-hybridized carbons (Fsp3) is 0.227. The third-order valence-corrected chi connectivity index (χ3v) is 5.64. The summed E-state index contributed by atoms with van der Waals surface area (Å²) in [4.78, 5) is 38.4. The largest absolute Gasteiger partial charge is 0.481 e. The maximum Gasteiger partial charge on any atom is 0.344 e. The molecule has 0 unspecified atom stereocenters. The van der Waals surface area contributed by atoms with Gasteiger partial charge in [0.15, 0.2) is 6.61 Å². The number of imide groups is 1. The molecule has 0 N–H and O–H groups in total. The number of benzene rings is 2. The Bertz CT molecular complexity index is 1000. The number of hydrogen-bond donors (Lipinski definition) is 0. The first-order chi connectivity index (χ1) is 14.4. The zero-order chi connectivity index (χ0) is 21.7. The topological polar surface area (TPSA) is 72.9 Å². The Balaban J connectivity index is 1.80. The van der Waals surface area contributed by atoms with Gasteiger partial charge in [0, 0.05) is 10.0 Å². The molecule has 0 atom stereocenters. The SMILES string of the molecule is CCOC(=O)COc1ccc(Br)cc1/C=C1/SC(=O)N(Cc2ccc(C)cc2)C1=O. The summed E-state index contributed by atoms with van der Waals surface area (Å²) in [6, 6.07) is 12.9. The van der Waals surface area contributed by atoms with Crippen molar-refractivity contribution in [3.63, 3.8) is 0 Å². The van der Waals surface area contributed by atoms with Crippen LogP contribution in [0.4, 0.5) is 4.79 Å². The summed E-state index contributed by atoms with van der Waals surface area (Å²) in [7, 11) is 0. The minimum atomic E-state index is -0.482. The first-order valence-corrected chi connectivity index (χ1v) is 10.9. The Hall–Kier alpha value is -2.58. The minimum absolute atomic E-state index is 0.215. The van der Waals surface area contributed by atoms with Gasteiger partial charge in [0.1, 0.15) is 5.75 Å². The van der Waals surface area contributed by atoms with E-state index in [0.29, 0.717) is 16.2 Å². The molecule has 0 saturated carbocycles. The highest BCUT2D eigenvalue weighted by Crippen LogP contribution is 2.35. The molecule has 1 saturated heterocycles. The van der Waals surface area contributed by atoms with E-state index in [1.165, 1.54) is 4.90 Å². The third-order valence-electron chi connectivity index (χ3n) is 4.24. The summed E-state index contributed by atoms with van der Waals surface area (Å²) < 4.78 is 11.2. The van der Waals surface area contributed by atoms with Crippen molar-refractivity contribution in [3.05, 3.63) is 68.5 Å². The molecule has 0 aliphatic carbocycles. The van der Waals surface area contributed by atoms with E-state index in [4.69, 9.17) is 9.47 Å². The van der Waals surface area contributed by atoms with Crippen LogP contribution in [0.1, 0.15) is 23.6 Å². The van der Waals surface area contributed by atoms with Crippen LogP contribution < -0.4 is 4.74 Å². The van der Waals surface area contributed by atoms with E-state index in [1.807, 2.05) is 31.2 Å². The molecule has 1 aliphatic heterocycles. The second-order valence-corrected chi connectivity index (χ2v) is 8.44. The van der Waals surface area contributed by atoms with Crippen molar-refractivity contribution in [2.45, 2.75) is 20.4 Å². The van der Waals surface area contributed by atoms with Crippen molar-refractivity contribution >= 4 is 50.9 Å². The first-order valence-electron chi connectivity index (χ1n) is 9.26. The van der Waals surface area contributed by atoms with E-state index in [-0.39, 0.29) is 30.9 Å². The van der Waals surface area contributed by atoms with Gasteiger partial charge in [-0.2, -0.15) is 0 Å². The van der Waals surface area contributed by atoms with Gasteiger partial charge in [-0.1, -0.05) is 45.8 Å². The lowest BCUT2D eigenvalue weighted by molar-refractivity contribution is -0.145. The van der Waals surface area contributed by atoms with Gasteiger partial charge in [-0.3, -0.25) is 14.5 Å². The average Bonchev–Trinajstić information content (AvgIpc) is 2.96. The quantitative estimate of drug-likeness (QED) is 0.405. The Labute approximate surface area is 187 Å². The Morgan fingerprint density at radius 1 is 1.17 bits per heavy atom. The van der Waals surface area contributed by atoms with Gasteiger partial charge < -0.3 is 9.47 Å². The highest BCUT2D eigenvalue weighted by Gasteiger charge is 2.35. The third kappa shape index (κ3) is 5.52. The Kier molecular flexibility index (Phi) is 7.33. The number of thioether (sulfide) groups is 1. The van der Waals surface area contributed by atoms with E-state index >= 15 is 0 Å². The van der Waals surface area contributed by atoms with Gasteiger partial charge in [0.05, 0.1) is 18.1 Å². The number of rotatable bonds is 7. The molecule has 1 heterocycles. The predicted octanol–water partition coefficient (Wildman–Crippen LogP) is 4.94. The molecule has 0 spiro atoms. The molecule has 30 heavy (non-hydrogen) atoms. The highest BCUT2D eigenvalue weighted by molar-refractivity contribution is 9.10. The number of ether oxygens (including phenoxy) is 2. The Morgan fingerprint density at radius 2 is 1.90 bits per heavy atom. The van der Waals surface area contributed by atoms with E-state index in [0.717, 1.165) is 27.4 Å². The van der Waals surface area contributed by atoms with Crippen LogP contribution in [0.3, 0.4) is 0 Å². The molecule has 1 fully saturated rings. The molecule has 0 aromatic heterocycles. The van der Waals surface area contributed by atoms with Crippen LogP contribution in [0.15, 0.2) is 51.8 Å². The zero-order valence-corrected chi connectivity index (χ0v) is 18.9. The number of halogens is 1. The summed E-state index contributed by atoms with van der Waals surface area (Å²) in [5, 5.41) is -0.323. The predicted molar refractivity (Wildman–Crippen MR) is 119 cm³/mol. The molecular formula is C22H20BrNO5S. The summed E-state index contributed by atoms with van der Waals surface area (Å²) in [6.45, 7) is 3.93. The van der Waals surface area contributed by atoms with Gasteiger partial charge in [-0.25, -0.2) is 4.79 Å². The van der Waals surface area contributed by atoms with Crippen LogP contribution >= 0.6 is 27.7 Å². The molecule has 2 aromatic carbocycles.